The first-order chi connectivity index (χ1) is 16.8. The van der Waals surface area contributed by atoms with Crippen LogP contribution in [0.5, 0.6) is 0 Å². The molecule has 3 atom stereocenters. The van der Waals surface area contributed by atoms with Gasteiger partial charge in [-0.2, -0.15) is 0 Å². The topological polar surface area (TPSA) is 124 Å². The van der Waals surface area contributed by atoms with Gasteiger partial charge in [-0.25, -0.2) is 4.79 Å². The van der Waals surface area contributed by atoms with Crippen molar-refractivity contribution >= 4 is 47.3 Å². The summed E-state index contributed by atoms with van der Waals surface area (Å²) >= 11 is 2.53. The SMILES string of the molecule is O=C(Cc1ccccc1)N[C@@H]1C(=O)N2C(C(=O)O)=C(CS[C@H](Cc3ccccc3)C(=O)O)CS[C@H]12. The van der Waals surface area contributed by atoms with E-state index in [-0.39, 0.29) is 23.8 Å². The number of thioether (sulfide) groups is 2. The Labute approximate surface area is 210 Å². The minimum Gasteiger partial charge on any atom is -0.480 e. The summed E-state index contributed by atoms with van der Waals surface area (Å²) in [5.74, 6) is -2.46. The molecule has 0 aromatic heterocycles. The number of nitrogens with zero attached hydrogens (tertiary/aromatic N) is 1. The fourth-order valence-electron chi connectivity index (χ4n) is 4.05. The first-order valence-corrected chi connectivity index (χ1v) is 13.1. The van der Waals surface area contributed by atoms with Crippen LogP contribution in [0.25, 0.3) is 0 Å². The molecule has 1 saturated heterocycles. The smallest absolute Gasteiger partial charge is 0.352 e. The van der Waals surface area contributed by atoms with Gasteiger partial charge >= 0.3 is 11.9 Å². The molecule has 2 aromatic rings. The molecule has 2 aromatic carbocycles. The van der Waals surface area contributed by atoms with Crippen LogP contribution in [-0.2, 0) is 32.0 Å². The molecule has 0 saturated carbocycles. The summed E-state index contributed by atoms with van der Waals surface area (Å²) in [4.78, 5) is 50.3. The van der Waals surface area contributed by atoms with Gasteiger partial charge in [-0.15, -0.1) is 23.5 Å². The number of hydrogen-bond acceptors (Lipinski definition) is 6. The van der Waals surface area contributed by atoms with Gasteiger partial charge in [-0.1, -0.05) is 60.7 Å². The van der Waals surface area contributed by atoms with Gasteiger partial charge in [0.1, 0.15) is 22.4 Å². The molecular weight excluding hydrogens is 488 g/mol. The van der Waals surface area contributed by atoms with Crippen LogP contribution >= 0.6 is 23.5 Å². The highest BCUT2D eigenvalue weighted by Crippen LogP contribution is 2.41. The Hall–Kier alpha value is -3.24. The van der Waals surface area contributed by atoms with Crippen molar-refractivity contribution < 1.29 is 29.4 Å². The zero-order valence-electron chi connectivity index (χ0n) is 18.6. The van der Waals surface area contributed by atoms with Crippen LogP contribution in [0, 0.1) is 0 Å². The summed E-state index contributed by atoms with van der Waals surface area (Å²) < 4.78 is 0. The Morgan fingerprint density at radius 3 is 2.26 bits per heavy atom. The number of rotatable bonds is 10. The Bertz CT molecular complexity index is 1160. The summed E-state index contributed by atoms with van der Waals surface area (Å²) in [7, 11) is 0. The van der Waals surface area contributed by atoms with E-state index in [1.165, 1.54) is 16.7 Å². The summed E-state index contributed by atoms with van der Waals surface area (Å²) in [6, 6.07) is 17.6. The van der Waals surface area contributed by atoms with Crippen LogP contribution in [0.15, 0.2) is 71.9 Å². The number of carboxylic acids is 2. The third-order valence-electron chi connectivity index (χ3n) is 5.77. The average Bonchev–Trinajstić information content (AvgIpc) is 2.85. The minimum atomic E-state index is -1.23. The third kappa shape index (κ3) is 5.71. The van der Waals surface area contributed by atoms with Crippen molar-refractivity contribution in [2.45, 2.75) is 29.5 Å². The van der Waals surface area contributed by atoms with Crippen molar-refractivity contribution in [1.29, 1.82) is 0 Å². The lowest BCUT2D eigenvalue weighted by Crippen LogP contribution is -2.70. The van der Waals surface area contributed by atoms with E-state index in [4.69, 9.17) is 0 Å². The summed E-state index contributed by atoms with van der Waals surface area (Å²) in [5, 5.41) is 21.0. The van der Waals surface area contributed by atoms with Gasteiger partial charge in [0.05, 0.1) is 6.42 Å². The maximum atomic E-state index is 12.8. The molecule has 2 amide bonds. The van der Waals surface area contributed by atoms with E-state index in [9.17, 15) is 29.4 Å². The number of amides is 2. The monoisotopic (exact) mass is 512 g/mol. The molecule has 182 valence electrons. The average molecular weight is 513 g/mol. The van der Waals surface area contributed by atoms with Gasteiger partial charge < -0.3 is 15.5 Å². The second-order valence-electron chi connectivity index (χ2n) is 8.20. The van der Waals surface area contributed by atoms with Crippen LogP contribution in [-0.4, -0.2) is 67.0 Å². The predicted octanol–water partition coefficient (Wildman–Crippen LogP) is 2.40. The highest BCUT2D eigenvalue weighted by Gasteiger charge is 2.54. The van der Waals surface area contributed by atoms with Crippen LogP contribution in [0.2, 0.25) is 0 Å². The molecule has 3 N–H and O–H groups in total. The molecule has 0 bridgehead atoms. The molecule has 1 fully saturated rings. The summed E-state index contributed by atoms with van der Waals surface area (Å²) in [6.45, 7) is 0. The van der Waals surface area contributed by atoms with Crippen molar-refractivity contribution in [1.82, 2.24) is 10.2 Å². The molecule has 8 nitrogen and oxygen atoms in total. The van der Waals surface area contributed by atoms with Gasteiger partial charge in [0, 0.05) is 11.5 Å². The number of β-lactam (4-membered cyclic amide) rings is 1. The number of carboxylic acid groups (broad SMARTS) is 2. The lowest BCUT2D eigenvalue weighted by atomic mass is 10.0. The van der Waals surface area contributed by atoms with Gasteiger partial charge in [0.2, 0.25) is 5.91 Å². The highest BCUT2D eigenvalue weighted by atomic mass is 32.2. The number of aliphatic carboxylic acids is 2. The van der Waals surface area contributed by atoms with Crippen molar-refractivity contribution in [3.63, 3.8) is 0 Å². The normalized spacial score (nSPS) is 20.0. The molecule has 35 heavy (non-hydrogen) atoms. The van der Waals surface area contributed by atoms with E-state index in [1.807, 2.05) is 60.7 Å². The largest absolute Gasteiger partial charge is 0.480 e. The zero-order valence-corrected chi connectivity index (χ0v) is 20.3. The summed E-state index contributed by atoms with van der Waals surface area (Å²) in [6.07, 6.45) is 0.438. The van der Waals surface area contributed by atoms with Crippen LogP contribution < -0.4 is 5.32 Å². The molecule has 4 rings (SSSR count). The first-order valence-electron chi connectivity index (χ1n) is 11.0. The van der Waals surface area contributed by atoms with Crippen LogP contribution in [0.4, 0.5) is 0 Å². The quantitative estimate of drug-likeness (QED) is 0.415. The van der Waals surface area contributed by atoms with E-state index in [0.717, 1.165) is 22.9 Å². The minimum absolute atomic E-state index is 0.108. The molecule has 0 radical (unpaired) electrons. The predicted molar refractivity (Wildman–Crippen MR) is 134 cm³/mol. The second kappa shape index (κ2) is 11.0. The van der Waals surface area contributed by atoms with Gasteiger partial charge in [-0.05, 0) is 23.1 Å². The number of hydrogen-bond donors (Lipinski definition) is 3. The van der Waals surface area contributed by atoms with E-state index in [0.29, 0.717) is 17.7 Å². The molecular formula is C25H24N2O6S2. The Kier molecular flexibility index (Phi) is 7.82. The lowest BCUT2D eigenvalue weighted by Gasteiger charge is -2.49. The molecule has 0 unspecified atom stereocenters. The number of benzene rings is 2. The van der Waals surface area contributed by atoms with Crippen molar-refractivity contribution in [2.75, 3.05) is 11.5 Å². The molecule has 2 aliphatic rings. The first kappa shape index (κ1) is 24.9. The number of fused-ring (bicyclic) bond motifs is 1. The van der Waals surface area contributed by atoms with Gasteiger partial charge in [-0.3, -0.25) is 19.3 Å². The van der Waals surface area contributed by atoms with Gasteiger partial charge in [0.15, 0.2) is 0 Å². The third-order valence-corrected chi connectivity index (χ3v) is 8.40. The Balaban J connectivity index is 1.42. The van der Waals surface area contributed by atoms with E-state index < -0.39 is 34.5 Å². The summed E-state index contributed by atoms with van der Waals surface area (Å²) in [5.41, 5.74) is 2.10. The lowest BCUT2D eigenvalue weighted by molar-refractivity contribution is -0.150. The fourth-order valence-corrected chi connectivity index (χ4v) is 6.62. The highest BCUT2D eigenvalue weighted by molar-refractivity contribution is 8.01. The van der Waals surface area contributed by atoms with E-state index in [1.54, 1.807) is 0 Å². The molecule has 0 aliphatic carbocycles. The van der Waals surface area contributed by atoms with E-state index >= 15 is 0 Å². The molecule has 2 aliphatic heterocycles. The molecule has 0 spiro atoms. The van der Waals surface area contributed by atoms with E-state index in [2.05, 4.69) is 5.32 Å². The Morgan fingerprint density at radius 2 is 1.66 bits per heavy atom. The number of carbonyl (C=O) groups excluding carboxylic acids is 2. The zero-order chi connectivity index (χ0) is 24.9. The van der Waals surface area contributed by atoms with Crippen LogP contribution in [0.1, 0.15) is 11.1 Å². The van der Waals surface area contributed by atoms with Crippen molar-refractivity contribution in [3.05, 3.63) is 83.1 Å². The maximum absolute atomic E-state index is 12.8. The molecule has 10 heteroatoms. The van der Waals surface area contributed by atoms with Crippen molar-refractivity contribution in [3.8, 4) is 0 Å². The Morgan fingerprint density at radius 1 is 1.03 bits per heavy atom. The molecule has 2 heterocycles. The van der Waals surface area contributed by atoms with Crippen molar-refractivity contribution in [2.24, 2.45) is 0 Å². The second-order valence-corrected chi connectivity index (χ2v) is 10.5. The van der Waals surface area contributed by atoms with Crippen LogP contribution in [0.3, 0.4) is 0 Å². The van der Waals surface area contributed by atoms with Gasteiger partial charge in [0.25, 0.3) is 5.91 Å². The number of carbonyl (C=O) groups is 4. The fraction of sp³-hybridized carbons (Fsp3) is 0.280. The number of nitrogens with one attached hydrogen (secondary N) is 1. The maximum Gasteiger partial charge on any atom is 0.352 e. The standard InChI is InChI=1S/C25H24N2O6S2/c28-19(12-16-9-5-2-6-10-16)26-20-22(29)27-21(25(32)33)17(14-35-23(20)27)13-34-18(24(30)31)11-15-7-3-1-4-8-15/h1-10,18,20,23H,11-14H2,(H,26,28)(H,30,31)(H,32,33)/t18-,20-,23-/m1/s1.